The predicted octanol–water partition coefficient (Wildman–Crippen LogP) is 3.85. The van der Waals surface area contributed by atoms with Crippen molar-refractivity contribution in [1.82, 2.24) is 4.90 Å². The number of ether oxygens (including phenoxy) is 1. The molecule has 0 spiro atoms. The summed E-state index contributed by atoms with van der Waals surface area (Å²) in [7, 11) is -3.57. The first-order chi connectivity index (χ1) is 13.6. The standard InChI is InChI=1S/C21H26N2O3S2/c24-28(25,19-7-2-1-3-8-19)23-14-16-27-21-10-9-18(17-20(21)23)26-15-6-13-22-11-4-5-12-22/h1-3,7-10,17H,4-6,11-16H2. The second-order valence-electron chi connectivity index (χ2n) is 7.12. The Morgan fingerprint density at radius 2 is 1.79 bits per heavy atom. The maximum atomic E-state index is 13.1. The number of sulfonamides is 1. The number of hydrogen-bond donors (Lipinski definition) is 0. The van der Waals surface area contributed by atoms with Crippen LogP contribution in [0.5, 0.6) is 5.75 Å². The molecular weight excluding hydrogens is 392 g/mol. The summed E-state index contributed by atoms with van der Waals surface area (Å²) in [4.78, 5) is 3.78. The molecule has 0 aromatic heterocycles. The van der Waals surface area contributed by atoms with Gasteiger partial charge < -0.3 is 9.64 Å². The second-order valence-corrected chi connectivity index (χ2v) is 10.1. The summed E-state index contributed by atoms with van der Waals surface area (Å²) in [6, 6.07) is 14.4. The minimum absolute atomic E-state index is 0.324. The highest BCUT2D eigenvalue weighted by Gasteiger charge is 2.29. The Kier molecular flexibility index (Phi) is 6.13. The molecule has 1 fully saturated rings. The van der Waals surface area contributed by atoms with Gasteiger partial charge in [-0.1, -0.05) is 18.2 Å². The highest BCUT2D eigenvalue weighted by atomic mass is 32.2. The van der Waals surface area contributed by atoms with Crippen molar-refractivity contribution in [3.63, 3.8) is 0 Å². The van der Waals surface area contributed by atoms with Crippen molar-refractivity contribution < 1.29 is 13.2 Å². The van der Waals surface area contributed by atoms with Gasteiger partial charge in [0.05, 0.1) is 17.2 Å². The van der Waals surface area contributed by atoms with E-state index in [4.69, 9.17) is 4.74 Å². The topological polar surface area (TPSA) is 49.9 Å². The summed E-state index contributed by atoms with van der Waals surface area (Å²) in [6.07, 6.45) is 3.59. The highest BCUT2D eigenvalue weighted by molar-refractivity contribution is 8.00. The molecule has 0 radical (unpaired) electrons. The first-order valence-electron chi connectivity index (χ1n) is 9.84. The Morgan fingerprint density at radius 3 is 2.57 bits per heavy atom. The minimum Gasteiger partial charge on any atom is -0.493 e. The Hall–Kier alpha value is -1.70. The third-order valence-electron chi connectivity index (χ3n) is 5.17. The van der Waals surface area contributed by atoms with Gasteiger partial charge >= 0.3 is 0 Å². The van der Waals surface area contributed by atoms with Crippen LogP contribution in [-0.4, -0.2) is 51.9 Å². The SMILES string of the molecule is O=S(=O)(c1ccccc1)N1CCSc2ccc(OCCCN3CCCC3)cc21. The maximum absolute atomic E-state index is 13.1. The van der Waals surface area contributed by atoms with E-state index in [1.165, 1.54) is 30.2 Å². The largest absolute Gasteiger partial charge is 0.493 e. The average Bonchev–Trinajstić information content (AvgIpc) is 3.25. The summed E-state index contributed by atoms with van der Waals surface area (Å²) in [5, 5.41) is 0. The molecule has 1 saturated heterocycles. The van der Waals surface area contributed by atoms with Gasteiger partial charge in [0.2, 0.25) is 0 Å². The number of thioether (sulfide) groups is 1. The summed E-state index contributed by atoms with van der Waals surface area (Å²) in [6.45, 7) is 4.57. The van der Waals surface area contributed by atoms with Crippen LogP contribution in [0.4, 0.5) is 5.69 Å². The molecule has 0 N–H and O–H groups in total. The van der Waals surface area contributed by atoms with Crippen LogP contribution in [0.2, 0.25) is 0 Å². The summed E-state index contributed by atoms with van der Waals surface area (Å²) in [5.41, 5.74) is 0.720. The number of benzene rings is 2. The number of rotatable bonds is 7. The lowest BCUT2D eigenvalue weighted by molar-refractivity contribution is 0.263. The zero-order valence-corrected chi connectivity index (χ0v) is 17.6. The van der Waals surface area contributed by atoms with Gasteiger partial charge in [-0.3, -0.25) is 4.31 Å². The molecule has 4 rings (SSSR count). The van der Waals surface area contributed by atoms with Crippen LogP contribution < -0.4 is 9.04 Å². The van der Waals surface area contributed by atoms with E-state index in [0.717, 1.165) is 35.1 Å². The van der Waals surface area contributed by atoms with Crippen LogP contribution in [0, 0.1) is 0 Å². The monoisotopic (exact) mass is 418 g/mol. The smallest absolute Gasteiger partial charge is 0.264 e. The first-order valence-corrected chi connectivity index (χ1v) is 12.3. The number of hydrogen-bond acceptors (Lipinski definition) is 5. The molecule has 2 aliphatic rings. The zero-order valence-electron chi connectivity index (χ0n) is 15.9. The molecule has 2 aromatic carbocycles. The van der Waals surface area contributed by atoms with E-state index in [0.29, 0.717) is 18.0 Å². The zero-order chi connectivity index (χ0) is 19.4. The van der Waals surface area contributed by atoms with Gasteiger partial charge in [-0.05, 0) is 56.6 Å². The van der Waals surface area contributed by atoms with Crippen molar-refractivity contribution in [3.8, 4) is 5.75 Å². The Bertz CT molecular complexity index is 897. The molecule has 150 valence electrons. The molecule has 0 bridgehead atoms. The molecule has 5 nitrogen and oxygen atoms in total. The second kappa shape index (κ2) is 8.76. The molecule has 0 aliphatic carbocycles. The molecule has 2 heterocycles. The third kappa shape index (κ3) is 4.31. The van der Waals surface area contributed by atoms with Gasteiger partial charge in [-0.2, -0.15) is 0 Å². The number of anilines is 1. The molecule has 7 heteroatoms. The van der Waals surface area contributed by atoms with E-state index in [9.17, 15) is 8.42 Å². The van der Waals surface area contributed by atoms with Crippen molar-refractivity contribution >= 4 is 27.5 Å². The van der Waals surface area contributed by atoms with Crippen molar-refractivity contribution in [2.75, 3.05) is 42.8 Å². The quantitative estimate of drug-likeness (QED) is 0.639. The van der Waals surface area contributed by atoms with Crippen molar-refractivity contribution in [3.05, 3.63) is 48.5 Å². The van der Waals surface area contributed by atoms with E-state index in [-0.39, 0.29) is 0 Å². The molecule has 28 heavy (non-hydrogen) atoms. The molecule has 2 aliphatic heterocycles. The normalized spacial score (nSPS) is 17.5. The van der Waals surface area contributed by atoms with E-state index in [1.54, 1.807) is 36.0 Å². The van der Waals surface area contributed by atoms with Crippen LogP contribution in [0.25, 0.3) is 0 Å². The van der Waals surface area contributed by atoms with Crippen LogP contribution in [0.3, 0.4) is 0 Å². The number of likely N-dealkylation sites (tertiary alicyclic amines) is 1. The van der Waals surface area contributed by atoms with Gasteiger partial charge in [0.15, 0.2) is 0 Å². The van der Waals surface area contributed by atoms with Crippen LogP contribution >= 0.6 is 11.8 Å². The van der Waals surface area contributed by atoms with Crippen molar-refractivity contribution in [2.45, 2.75) is 29.1 Å². The molecular formula is C21H26N2O3S2. The van der Waals surface area contributed by atoms with Crippen molar-refractivity contribution in [2.24, 2.45) is 0 Å². The molecule has 2 aromatic rings. The van der Waals surface area contributed by atoms with E-state index in [2.05, 4.69) is 4.90 Å². The first kappa shape index (κ1) is 19.6. The lowest BCUT2D eigenvalue weighted by Gasteiger charge is -2.30. The van der Waals surface area contributed by atoms with Crippen molar-refractivity contribution in [1.29, 1.82) is 0 Å². The van der Waals surface area contributed by atoms with Gasteiger partial charge in [0.25, 0.3) is 10.0 Å². The minimum atomic E-state index is -3.57. The van der Waals surface area contributed by atoms with Crippen LogP contribution in [-0.2, 0) is 10.0 Å². The van der Waals surface area contributed by atoms with Crippen LogP contribution in [0.15, 0.2) is 58.3 Å². The maximum Gasteiger partial charge on any atom is 0.264 e. The molecule has 0 saturated carbocycles. The van der Waals surface area contributed by atoms with E-state index < -0.39 is 10.0 Å². The Labute approximate surface area is 171 Å². The highest BCUT2D eigenvalue weighted by Crippen LogP contribution is 2.39. The predicted molar refractivity (Wildman–Crippen MR) is 114 cm³/mol. The fourth-order valence-electron chi connectivity index (χ4n) is 3.72. The van der Waals surface area contributed by atoms with E-state index in [1.807, 2.05) is 24.3 Å². The third-order valence-corrected chi connectivity index (χ3v) is 8.04. The lowest BCUT2D eigenvalue weighted by atomic mass is 10.3. The summed E-state index contributed by atoms with van der Waals surface area (Å²) >= 11 is 1.69. The Balaban J connectivity index is 1.47. The number of nitrogens with zero attached hydrogens (tertiary/aromatic N) is 2. The fourth-order valence-corrected chi connectivity index (χ4v) is 6.36. The lowest BCUT2D eigenvalue weighted by Crippen LogP contribution is -2.35. The molecule has 0 unspecified atom stereocenters. The van der Waals surface area contributed by atoms with Gasteiger partial charge in [0, 0.05) is 29.8 Å². The number of fused-ring (bicyclic) bond motifs is 1. The van der Waals surface area contributed by atoms with Gasteiger partial charge in [0.1, 0.15) is 5.75 Å². The van der Waals surface area contributed by atoms with Gasteiger partial charge in [-0.15, -0.1) is 11.8 Å². The van der Waals surface area contributed by atoms with Crippen LogP contribution in [0.1, 0.15) is 19.3 Å². The average molecular weight is 419 g/mol. The summed E-state index contributed by atoms with van der Waals surface area (Å²) in [5.74, 6) is 1.48. The van der Waals surface area contributed by atoms with E-state index >= 15 is 0 Å². The molecule has 0 amide bonds. The summed E-state index contributed by atoms with van der Waals surface area (Å²) < 4.78 is 33.7. The Morgan fingerprint density at radius 1 is 1.00 bits per heavy atom. The fraction of sp³-hybridized carbons (Fsp3) is 0.429. The van der Waals surface area contributed by atoms with Gasteiger partial charge in [-0.25, -0.2) is 8.42 Å². The molecule has 0 atom stereocenters.